The average Bonchev–Trinajstić information content (AvgIpc) is 3.16. The number of carbonyl (C=O) groups excluding carboxylic acids is 1. The SMILES string of the molecule is O=C(CSc1nnc(-c2cccs2)n1C1CC1)Nc1cccc(Cl)c1Cl. The molecule has 5 nitrogen and oxygen atoms in total. The third kappa shape index (κ3) is 3.76. The lowest BCUT2D eigenvalue weighted by atomic mass is 10.3. The number of nitrogens with one attached hydrogen (secondary N) is 1. The normalized spacial score (nSPS) is 13.8. The summed E-state index contributed by atoms with van der Waals surface area (Å²) < 4.78 is 2.15. The van der Waals surface area contributed by atoms with Crippen LogP contribution < -0.4 is 5.32 Å². The van der Waals surface area contributed by atoms with Crippen LogP contribution in [0.15, 0.2) is 40.9 Å². The van der Waals surface area contributed by atoms with E-state index in [2.05, 4.69) is 20.1 Å². The number of rotatable bonds is 6. The Kier molecular flexibility index (Phi) is 5.22. The standard InChI is InChI=1S/C17H14Cl2N4OS2/c18-11-3-1-4-12(15(11)19)20-14(24)9-26-17-22-21-16(13-5-2-8-25-13)23(17)10-6-7-10/h1-5,8,10H,6-7,9H2,(H,20,24). The van der Waals surface area contributed by atoms with E-state index in [0.717, 1.165) is 28.7 Å². The first-order chi connectivity index (χ1) is 12.6. The van der Waals surface area contributed by atoms with E-state index in [1.54, 1.807) is 29.5 Å². The van der Waals surface area contributed by atoms with Crippen LogP contribution in [0.5, 0.6) is 0 Å². The van der Waals surface area contributed by atoms with Crippen molar-refractivity contribution in [3.8, 4) is 10.7 Å². The van der Waals surface area contributed by atoms with Crippen LogP contribution in [0.2, 0.25) is 10.0 Å². The van der Waals surface area contributed by atoms with Crippen molar-refractivity contribution in [1.82, 2.24) is 14.8 Å². The van der Waals surface area contributed by atoms with Gasteiger partial charge in [-0.15, -0.1) is 21.5 Å². The third-order valence-electron chi connectivity index (χ3n) is 3.88. The van der Waals surface area contributed by atoms with Gasteiger partial charge in [-0.3, -0.25) is 9.36 Å². The van der Waals surface area contributed by atoms with E-state index >= 15 is 0 Å². The third-order valence-corrected chi connectivity index (χ3v) is 6.50. The maximum Gasteiger partial charge on any atom is 0.234 e. The number of thioether (sulfide) groups is 1. The largest absolute Gasteiger partial charge is 0.324 e. The highest BCUT2D eigenvalue weighted by molar-refractivity contribution is 7.99. The molecule has 1 aliphatic rings. The maximum absolute atomic E-state index is 12.3. The summed E-state index contributed by atoms with van der Waals surface area (Å²) in [4.78, 5) is 13.4. The maximum atomic E-state index is 12.3. The Labute approximate surface area is 168 Å². The predicted molar refractivity (Wildman–Crippen MR) is 107 cm³/mol. The Morgan fingerprint density at radius 3 is 2.85 bits per heavy atom. The van der Waals surface area contributed by atoms with E-state index < -0.39 is 0 Å². The van der Waals surface area contributed by atoms with Gasteiger partial charge in [0.2, 0.25) is 5.91 Å². The molecule has 0 unspecified atom stereocenters. The van der Waals surface area contributed by atoms with Gasteiger partial charge in [0, 0.05) is 6.04 Å². The van der Waals surface area contributed by atoms with Crippen LogP contribution in [-0.4, -0.2) is 26.4 Å². The monoisotopic (exact) mass is 424 g/mol. The summed E-state index contributed by atoms with van der Waals surface area (Å²) in [6, 6.07) is 9.61. The van der Waals surface area contributed by atoms with Crippen LogP contribution in [0.3, 0.4) is 0 Å². The van der Waals surface area contributed by atoms with E-state index in [1.165, 1.54) is 11.8 Å². The number of hydrogen-bond donors (Lipinski definition) is 1. The number of thiophene rings is 1. The molecule has 4 rings (SSSR count). The Morgan fingerprint density at radius 2 is 2.12 bits per heavy atom. The van der Waals surface area contributed by atoms with Crippen molar-refractivity contribution in [2.75, 3.05) is 11.1 Å². The molecule has 1 saturated carbocycles. The minimum absolute atomic E-state index is 0.165. The summed E-state index contributed by atoms with van der Waals surface area (Å²) >= 11 is 15.1. The number of nitrogens with zero attached hydrogens (tertiary/aromatic N) is 3. The van der Waals surface area contributed by atoms with Gasteiger partial charge in [-0.2, -0.15) is 0 Å². The van der Waals surface area contributed by atoms with Crippen LogP contribution >= 0.6 is 46.3 Å². The minimum atomic E-state index is -0.165. The number of aromatic nitrogens is 3. The summed E-state index contributed by atoms with van der Waals surface area (Å²) in [5, 5.41) is 15.0. The zero-order valence-corrected chi connectivity index (χ0v) is 16.6. The van der Waals surface area contributed by atoms with Gasteiger partial charge in [0.25, 0.3) is 0 Å². The molecule has 1 N–H and O–H groups in total. The van der Waals surface area contributed by atoms with E-state index in [0.29, 0.717) is 21.8 Å². The molecule has 1 aliphatic carbocycles. The van der Waals surface area contributed by atoms with Gasteiger partial charge in [-0.05, 0) is 36.4 Å². The topological polar surface area (TPSA) is 59.8 Å². The summed E-state index contributed by atoms with van der Waals surface area (Å²) in [6.45, 7) is 0. The van der Waals surface area contributed by atoms with E-state index in [4.69, 9.17) is 23.2 Å². The molecule has 0 bridgehead atoms. The molecule has 0 saturated heterocycles. The molecule has 134 valence electrons. The molecule has 0 radical (unpaired) electrons. The molecule has 0 spiro atoms. The summed E-state index contributed by atoms with van der Waals surface area (Å²) in [5.41, 5.74) is 0.507. The lowest BCUT2D eigenvalue weighted by molar-refractivity contribution is -0.113. The van der Waals surface area contributed by atoms with Crippen molar-refractivity contribution in [3.05, 3.63) is 45.8 Å². The fourth-order valence-corrected chi connectivity index (χ4v) is 4.39. The first-order valence-electron chi connectivity index (χ1n) is 7.99. The van der Waals surface area contributed by atoms with Crippen LogP contribution in [0.25, 0.3) is 10.7 Å². The van der Waals surface area contributed by atoms with Gasteiger partial charge in [0.1, 0.15) is 0 Å². The van der Waals surface area contributed by atoms with Gasteiger partial charge < -0.3 is 5.32 Å². The minimum Gasteiger partial charge on any atom is -0.324 e. The van der Waals surface area contributed by atoms with Crippen LogP contribution in [0.1, 0.15) is 18.9 Å². The van der Waals surface area contributed by atoms with Crippen LogP contribution in [-0.2, 0) is 4.79 Å². The molecule has 9 heteroatoms. The lowest BCUT2D eigenvalue weighted by Crippen LogP contribution is -2.15. The zero-order valence-electron chi connectivity index (χ0n) is 13.5. The van der Waals surface area contributed by atoms with Gasteiger partial charge in [0.15, 0.2) is 11.0 Å². The molecular formula is C17H14Cl2N4OS2. The number of halogens is 2. The lowest BCUT2D eigenvalue weighted by Gasteiger charge is -2.09. The Morgan fingerprint density at radius 1 is 1.27 bits per heavy atom. The Bertz CT molecular complexity index is 938. The molecular weight excluding hydrogens is 411 g/mol. The smallest absolute Gasteiger partial charge is 0.234 e. The first-order valence-corrected chi connectivity index (χ1v) is 10.6. The van der Waals surface area contributed by atoms with Crippen molar-refractivity contribution < 1.29 is 4.79 Å². The molecule has 26 heavy (non-hydrogen) atoms. The fraction of sp³-hybridized carbons (Fsp3) is 0.235. The highest BCUT2D eigenvalue weighted by Crippen LogP contribution is 2.41. The fourth-order valence-electron chi connectivity index (χ4n) is 2.53. The van der Waals surface area contributed by atoms with Gasteiger partial charge in [0.05, 0.1) is 26.4 Å². The number of anilines is 1. The second-order valence-corrected chi connectivity index (χ2v) is 8.50. The van der Waals surface area contributed by atoms with E-state index in [9.17, 15) is 4.79 Å². The predicted octanol–water partition coefficient (Wildman–Crippen LogP) is 5.38. The quantitative estimate of drug-likeness (QED) is 0.539. The molecule has 0 atom stereocenters. The van der Waals surface area contributed by atoms with E-state index in [1.807, 2.05) is 17.5 Å². The van der Waals surface area contributed by atoms with Crippen LogP contribution in [0, 0.1) is 0 Å². The van der Waals surface area contributed by atoms with Gasteiger partial charge in [-0.1, -0.05) is 47.1 Å². The van der Waals surface area contributed by atoms with Crippen molar-refractivity contribution in [2.45, 2.75) is 24.0 Å². The van der Waals surface area contributed by atoms with Crippen molar-refractivity contribution in [2.24, 2.45) is 0 Å². The number of benzene rings is 1. The molecule has 1 amide bonds. The molecule has 0 aliphatic heterocycles. The number of amides is 1. The van der Waals surface area contributed by atoms with Crippen molar-refractivity contribution in [3.63, 3.8) is 0 Å². The van der Waals surface area contributed by atoms with Gasteiger partial charge in [-0.25, -0.2) is 0 Å². The second kappa shape index (κ2) is 7.60. The molecule has 1 aromatic carbocycles. The zero-order chi connectivity index (χ0) is 18.1. The summed E-state index contributed by atoms with van der Waals surface area (Å²) in [7, 11) is 0. The highest BCUT2D eigenvalue weighted by Gasteiger charge is 2.30. The molecule has 1 fully saturated rings. The van der Waals surface area contributed by atoms with Gasteiger partial charge >= 0.3 is 0 Å². The number of hydrogen-bond acceptors (Lipinski definition) is 5. The summed E-state index contributed by atoms with van der Waals surface area (Å²) in [5.74, 6) is 0.934. The average molecular weight is 425 g/mol. The molecule has 2 heterocycles. The molecule has 2 aromatic heterocycles. The van der Waals surface area contributed by atoms with Crippen LogP contribution in [0.4, 0.5) is 5.69 Å². The summed E-state index contributed by atoms with van der Waals surface area (Å²) in [6.07, 6.45) is 2.24. The Balaban J connectivity index is 1.46. The van der Waals surface area contributed by atoms with E-state index in [-0.39, 0.29) is 11.7 Å². The highest BCUT2D eigenvalue weighted by atomic mass is 35.5. The first kappa shape index (κ1) is 17.9. The molecule has 3 aromatic rings. The second-order valence-electron chi connectivity index (χ2n) is 5.82. The van der Waals surface area contributed by atoms with Crippen molar-refractivity contribution >= 4 is 57.9 Å². The Hall–Kier alpha value is -1.54. The number of carbonyl (C=O) groups is 1. The van der Waals surface area contributed by atoms with Crippen molar-refractivity contribution in [1.29, 1.82) is 0 Å².